The first-order valence-corrected chi connectivity index (χ1v) is 8.64. The molecule has 0 saturated heterocycles. The molecule has 136 valence electrons. The van der Waals surface area contributed by atoms with Crippen molar-refractivity contribution < 1.29 is 14.1 Å². The molecule has 25 heavy (non-hydrogen) atoms. The van der Waals surface area contributed by atoms with Gasteiger partial charge in [-0.05, 0) is 43.5 Å². The number of aryl methyl sites for hydroxylation is 1. The highest BCUT2D eigenvalue weighted by atomic mass is 16.5. The van der Waals surface area contributed by atoms with Crippen LogP contribution in [0.2, 0.25) is 0 Å². The number of nitrogens with one attached hydrogen (secondary N) is 1. The monoisotopic (exact) mass is 345 g/mol. The van der Waals surface area contributed by atoms with Crippen LogP contribution in [0.15, 0.2) is 28.8 Å². The number of amides is 1. The van der Waals surface area contributed by atoms with Crippen molar-refractivity contribution in [2.24, 2.45) is 5.41 Å². The normalized spacial score (nSPS) is 12.7. The Labute approximate surface area is 149 Å². The largest absolute Gasteiger partial charge is 0.494 e. The van der Waals surface area contributed by atoms with Crippen molar-refractivity contribution in [2.75, 3.05) is 6.61 Å². The van der Waals surface area contributed by atoms with Gasteiger partial charge in [-0.3, -0.25) is 4.79 Å². The van der Waals surface area contributed by atoms with Gasteiger partial charge < -0.3 is 14.6 Å². The van der Waals surface area contributed by atoms with Crippen molar-refractivity contribution in [3.05, 3.63) is 30.2 Å². The Bertz CT molecular complexity index is 687. The Morgan fingerprint density at radius 3 is 2.56 bits per heavy atom. The second kappa shape index (κ2) is 8.14. The molecule has 0 unspecified atom stereocenters. The van der Waals surface area contributed by atoms with E-state index in [1.54, 1.807) is 0 Å². The zero-order valence-electron chi connectivity index (χ0n) is 15.6. The van der Waals surface area contributed by atoms with Crippen LogP contribution in [0.1, 0.15) is 46.9 Å². The summed E-state index contributed by atoms with van der Waals surface area (Å²) in [5.74, 6) is 1.77. The van der Waals surface area contributed by atoms with Gasteiger partial charge in [0.1, 0.15) is 5.75 Å². The molecule has 0 aliphatic heterocycles. The summed E-state index contributed by atoms with van der Waals surface area (Å²) in [7, 11) is 0. The third-order valence-electron chi connectivity index (χ3n) is 4.13. The lowest BCUT2D eigenvalue weighted by Gasteiger charge is -2.28. The zero-order valence-corrected chi connectivity index (χ0v) is 15.6. The quantitative estimate of drug-likeness (QED) is 0.829. The van der Waals surface area contributed by atoms with Crippen molar-refractivity contribution in [1.29, 1.82) is 0 Å². The summed E-state index contributed by atoms with van der Waals surface area (Å²) in [6.45, 7) is 10.9. The highest BCUT2D eigenvalue weighted by molar-refractivity contribution is 5.76. The van der Waals surface area contributed by atoms with Crippen LogP contribution in [-0.4, -0.2) is 28.7 Å². The smallest absolute Gasteiger partial charge is 0.227 e. The molecule has 2 aromatic rings. The number of benzene rings is 1. The van der Waals surface area contributed by atoms with Gasteiger partial charge in [-0.15, -0.1) is 0 Å². The molecule has 1 atom stereocenters. The van der Waals surface area contributed by atoms with E-state index in [2.05, 4.69) is 36.2 Å². The second-order valence-corrected chi connectivity index (χ2v) is 7.12. The minimum atomic E-state index is -0.0109. The van der Waals surface area contributed by atoms with Crippen molar-refractivity contribution in [3.63, 3.8) is 0 Å². The zero-order chi connectivity index (χ0) is 18.4. The first-order valence-electron chi connectivity index (χ1n) is 8.64. The maximum Gasteiger partial charge on any atom is 0.227 e. The molecule has 1 aromatic carbocycles. The van der Waals surface area contributed by atoms with Gasteiger partial charge in [0.15, 0.2) is 0 Å². The number of ether oxygens (including phenoxy) is 1. The van der Waals surface area contributed by atoms with E-state index in [-0.39, 0.29) is 17.4 Å². The summed E-state index contributed by atoms with van der Waals surface area (Å²) >= 11 is 0. The molecule has 0 aliphatic carbocycles. The molecule has 1 aromatic heterocycles. The fraction of sp³-hybridized carbons (Fsp3) is 0.526. The molecule has 1 N–H and O–H groups in total. The first-order chi connectivity index (χ1) is 11.8. The Morgan fingerprint density at radius 1 is 1.28 bits per heavy atom. The van der Waals surface area contributed by atoms with Crippen molar-refractivity contribution >= 4 is 5.91 Å². The van der Waals surface area contributed by atoms with Crippen LogP contribution >= 0.6 is 0 Å². The minimum Gasteiger partial charge on any atom is -0.494 e. The number of nitrogens with zero attached hydrogens (tertiary/aromatic N) is 2. The van der Waals surface area contributed by atoms with Gasteiger partial charge in [0, 0.05) is 24.4 Å². The molecule has 0 bridgehead atoms. The van der Waals surface area contributed by atoms with Crippen molar-refractivity contribution in [2.45, 2.75) is 53.5 Å². The standard InChI is InChI=1S/C19H27N3O3/c1-6-24-15-9-7-14(8-10-15)18-21-17(25-22-18)12-11-16(23)20-13(2)19(3,4)5/h7-10,13H,6,11-12H2,1-5H3,(H,20,23)/t13-/m0/s1. The number of hydrogen-bond donors (Lipinski definition) is 1. The van der Waals surface area contributed by atoms with Gasteiger partial charge in [-0.2, -0.15) is 4.98 Å². The first kappa shape index (κ1) is 19.0. The average molecular weight is 345 g/mol. The van der Waals surface area contributed by atoms with E-state index < -0.39 is 0 Å². The highest BCUT2D eigenvalue weighted by Crippen LogP contribution is 2.21. The van der Waals surface area contributed by atoms with Crippen LogP contribution < -0.4 is 10.1 Å². The topological polar surface area (TPSA) is 77.2 Å². The molecule has 0 aliphatic rings. The lowest BCUT2D eigenvalue weighted by atomic mass is 9.88. The molecular formula is C19H27N3O3. The number of rotatable bonds is 7. The molecule has 0 saturated carbocycles. The van der Waals surface area contributed by atoms with Gasteiger partial charge in [0.05, 0.1) is 6.61 Å². The summed E-state index contributed by atoms with van der Waals surface area (Å²) in [5.41, 5.74) is 0.880. The fourth-order valence-corrected chi connectivity index (χ4v) is 2.09. The maximum atomic E-state index is 12.0. The van der Waals surface area contributed by atoms with Crippen LogP contribution in [0.4, 0.5) is 0 Å². The molecule has 0 fully saturated rings. The van der Waals surface area contributed by atoms with Crippen LogP contribution in [0.25, 0.3) is 11.4 Å². The van der Waals surface area contributed by atoms with E-state index in [0.717, 1.165) is 11.3 Å². The molecule has 1 amide bonds. The van der Waals surface area contributed by atoms with Gasteiger partial charge in [-0.25, -0.2) is 0 Å². The summed E-state index contributed by atoms with van der Waals surface area (Å²) in [5, 5.41) is 6.99. The summed E-state index contributed by atoms with van der Waals surface area (Å²) < 4.78 is 10.7. The van der Waals surface area contributed by atoms with Crippen LogP contribution in [0, 0.1) is 5.41 Å². The molecule has 1 heterocycles. The van der Waals surface area contributed by atoms with E-state index in [1.807, 2.05) is 38.1 Å². The summed E-state index contributed by atoms with van der Waals surface area (Å²) in [6.07, 6.45) is 0.748. The number of hydrogen-bond acceptors (Lipinski definition) is 5. The molecule has 2 rings (SSSR count). The van der Waals surface area contributed by atoms with E-state index >= 15 is 0 Å². The Balaban J connectivity index is 1.90. The summed E-state index contributed by atoms with van der Waals surface area (Å²) in [4.78, 5) is 16.4. The number of aromatic nitrogens is 2. The van der Waals surface area contributed by atoms with Crippen LogP contribution in [-0.2, 0) is 11.2 Å². The fourth-order valence-electron chi connectivity index (χ4n) is 2.09. The average Bonchev–Trinajstić information content (AvgIpc) is 3.02. The molecular weight excluding hydrogens is 318 g/mol. The van der Waals surface area contributed by atoms with Crippen molar-refractivity contribution in [1.82, 2.24) is 15.5 Å². The van der Waals surface area contributed by atoms with Gasteiger partial charge in [0.25, 0.3) is 0 Å². The Kier molecular flexibility index (Phi) is 6.17. The summed E-state index contributed by atoms with van der Waals surface area (Å²) in [6, 6.07) is 7.61. The van der Waals surface area contributed by atoms with E-state index in [0.29, 0.717) is 31.2 Å². The molecule has 6 nitrogen and oxygen atoms in total. The lowest BCUT2D eigenvalue weighted by molar-refractivity contribution is -0.122. The Hall–Kier alpha value is -2.37. The third kappa shape index (κ3) is 5.59. The predicted octanol–water partition coefficient (Wildman–Crippen LogP) is 3.62. The molecule has 6 heteroatoms. The van der Waals surface area contributed by atoms with E-state index in [9.17, 15) is 4.79 Å². The predicted molar refractivity (Wildman–Crippen MR) is 96.3 cm³/mol. The second-order valence-electron chi connectivity index (χ2n) is 7.12. The van der Waals surface area contributed by atoms with Gasteiger partial charge in [-0.1, -0.05) is 25.9 Å². The SMILES string of the molecule is CCOc1ccc(-c2noc(CCC(=O)N[C@@H](C)C(C)(C)C)n2)cc1. The third-order valence-corrected chi connectivity index (χ3v) is 4.13. The van der Waals surface area contributed by atoms with Gasteiger partial charge in [0.2, 0.25) is 17.6 Å². The lowest BCUT2D eigenvalue weighted by Crippen LogP contribution is -2.41. The van der Waals surface area contributed by atoms with Crippen molar-refractivity contribution in [3.8, 4) is 17.1 Å². The van der Waals surface area contributed by atoms with Crippen LogP contribution in [0.5, 0.6) is 5.75 Å². The molecule has 0 radical (unpaired) electrons. The number of carbonyl (C=O) groups is 1. The van der Waals surface area contributed by atoms with Crippen LogP contribution in [0.3, 0.4) is 0 Å². The highest BCUT2D eigenvalue weighted by Gasteiger charge is 2.21. The van der Waals surface area contributed by atoms with E-state index in [4.69, 9.17) is 9.26 Å². The maximum absolute atomic E-state index is 12.0. The minimum absolute atomic E-state index is 0.0109. The van der Waals surface area contributed by atoms with Gasteiger partial charge >= 0.3 is 0 Å². The molecule has 0 spiro atoms. The van der Waals surface area contributed by atoms with E-state index in [1.165, 1.54) is 0 Å². The number of carbonyl (C=O) groups excluding carboxylic acids is 1. The Morgan fingerprint density at radius 2 is 1.96 bits per heavy atom.